The monoisotopic (exact) mass is 357 g/mol. The smallest absolute Gasteiger partial charge is 0.258 e. The molecule has 9 heteroatoms. The zero-order valence-electron chi connectivity index (χ0n) is 13.0. The predicted octanol–water partition coefficient (Wildman–Crippen LogP) is 2.63. The van der Waals surface area contributed by atoms with Crippen LogP contribution in [0.25, 0.3) is 22.1 Å². The van der Waals surface area contributed by atoms with Gasteiger partial charge in [-0.3, -0.25) is 4.79 Å². The Bertz CT molecular complexity index is 1140. The van der Waals surface area contributed by atoms with Crippen molar-refractivity contribution in [2.45, 2.75) is 10.9 Å². The lowest BCUT2D eigenvalue weighted by molar-refractivity contribution is 0.399. The Balaban J connectivity index is 1.60. The molecule has 3 heterocycles. The van der Waals surface area contributed by atoms with Gasteiger partial charge in [0.2, 0.25) is 5.88 Å². The summed E-state index contributed by atoms with van der Waals surface area (Å²) in [4.78, 5) is 30.8. The number of benzene rings is 1. The average Bonchev–Trinajstić information content (AvgIpc) is 3.01. The van der Waals surface area contributed by atoms with Gasteiger partial charge in [0.25, 0.3) is 5.56 Å². The standard InChI is InChI=1S/C16H12FN5O2S/c1-24-13-5-4-10-14(21-13)22-16(19-10)25-7-12-18-11-6-8(17)2-3-9(11)15(23)20-12/h2-6H,7H2,1H3,(H,18,20,23)(H,19,21,22). The highest BCUT2D eigenvalue weighted by Gasteiger charge is 2.09. The predicted molar refractivity (Wildman–Crippen MR) is 92.3 cm³/mol. The maximum Gasteiger partial charge on any atom is 0.258 e. The lowest BCUT2D eigenvalue weighted by Gasteiger charge is -2.02. The number of aromatic amines is 2. The molecule has 7 nitrogen and oxygen atoms in total. The number of H-pyrrole nitrogens is 2. The minimum absolute atomic E-state index is 0.295. The molecule has 0 aliphatic heterocycles. The molecule has 0 bridgehead atoms. The number of rotatable bonds is 4. The molecule has 0 saturated carbocycles. The maximum absolute atomic E-state index is 13.3. The molecule has 0 saturated heterocycles. The molecule has 4 rings (SSSR count). The molecule has 126 valence electrons. The summed E-state index contributed by atoms with van der Waals surface area (Å²) < 4.78 is 18.4. The SMILES string of the molecule is COc1ccc2[nH]c(SCc3nc4cc(F)ccc4c(=O)[nH]3)nc2n1. The highest BCUT2D eigenvalue weighted by molar-refractivity contribution is 7.98. The van der Waals surface area contributed by atoms with E-state index in [-0.39, 0.29) is 5.56 Å². The van der Waals surface area contributed by atoms with E-state index in [1.165, 1.54) is 30.0 Å². The van der Waals surface area contributed by atoms with Crippen molar-refractivity contribution in [3.05, 3.63) is 52.3 Å². The molecule has 0 aliphatic rings. The zero-order valence-corrected chi connectivity index (χ0v) is 13.9. The third-order valence-corrected chi connectivity index (χ3v) is 4.46. The van der Waals surface area contributed by atoms with Gasteiger partial charge in [-0.15, -0.1) is 0 Å². The van der Waals surface area contributed by atoms with Gasteiger partial charge in [0.05, 0.1) is 29.3 Å². The number of methoxy groups -OCH3 is 1. The summed E-state index contributed by atoms with van der Waals surface area (Å²) in [6.07, 6.45) is 0. The highest BCUT2D eigenvalue weighted by Crippen LogP contribution is 2.22. The van der Waals surface area contributed by atoms with Crippen LogP contribution < -0.4 is 10.3 Å². The number of nitrogens with zero attached hydrogens (tertiary/aromatic N) is 3. The number of nitrogens with one attached hydrogen (secondary N) is 2. The molecule has 0 atom stereocenters. The second-order valence-corrected chi connectivity index (χ2v) is 6.19. The van der Waals surface area contributed by atoms with Crippen LogP contribution in [0.3, 0.4) is 0 Å². The summed E-state index contributed by atoms with van der Waals surface area (Å²) in [5, 5.41) is 0.993. The van der Waals surface area contributed by atoms with Crippen molar-refractivity contribution in [2.24, 2.45) is 0 Å². The van der Waals surface area contributed by atoms with Crippen molar-refractivity contribution < 1.29 is 9.13 Å². The van der Waals surface area contributed by atoms with E-state index in [1.54, 1.807) is 13.2 Å². The van der Waals surface area contributed by atoms with Crippen molar-refractivity contribution >= 4 is 33.8 Å². The molecule has 0 amide bonds. The fourth-order valence-electron chi connectivity index (χ4n) is 2.40. The van der Waals surface area contributed by atoms with Gasteiger partial charge in [-0.25, -0.2) is 14.4 Å². The molecule has 0 aliphatic carbocycles. The second-order valence-electron chi connectivity index (χ2n) is 5.23. The number of pyridine rings is 1. The van der Waals surface area contributed by atoms with Crippen LogP contribution in [0, 0.1) is 5.82 Å². The van der Waals surface area contributed by atoms with Gasteiger partial charge in [-0.1, -0.05) is 11.8 Å². The van der Waals surface area contributed by atoms with Crippen LogP contribution in [-0.4, -0.2) is 32.0 Å². The average molecular weight is 357 g/mol. The van der Waals surface area contributed by atoms with E-state index in [0.717, 1.165) is 5.52 Å². The van der Waals surface area contributed by atoms with Gasteiger partial charge in [0.15, 0.2) is 10.8 Å². The Hall–Kier alpha value is -2.94. The molecule has 0 fully saturated rings. The van der Waals surface area contributed by atoms with E-state index < -0.39 is 5.82 Å². The third kappa shape index (κ3) is 3.05. The van der Waals surface area contributed by atoms with E-state index in [1.807, 2.05) is 6.07 Å². The van der Waals surface area contributed by atoms with Crippen LogP contribution >= 0.6 is 11.8 Å². The largest absolute Gasteiger partial charge is 0.481 e. The third-order valence-electron chi connectivity index (χ3n) is 3.57. The van der Waals surface area contributed by atoms with Crippen molar-refractivity contribution in [1.29, 1.82) is 0 Å². The number of fused-ring (bicyclic) bond motifs is 2. The van der Waals surface area contributed by atoms with Gasteiger partial charge in [-0.05, 0) is 18.2 Å². The Morgan fingerprint density at radius 2 is 2.04 bits per heavy atom. The molecular formula is C16H12FN5O2S. The normalized spacial score (nSPS) is 11.3. The second kappa shape index (κ2) is 6.17. The van der Waals surface area contributed by atoms with E-state index >= 15 is 0 Å². The molecule has 2 N–H and O–H groups in total. The lowest BCUT2D eigenvalue weighted by Crippen LogP contribution is -2.11. The highest BCUT2D eigenvalue weighted by atomic mass is 32.2. The van der Waals surface area contributed by atoms with Crippen LogP contribution in [0.4, 0.5) is 4.39 Å². The Labute approximate surface area is 144 Å². The number of ether oxygens (including phenoxy) is 1. The minimum Gasteiger partial charge on any atom is -0.481 e. The van der Waals surface area contributed by atoms with Crippen molar-refractivity contribution in [2.75, 3.05) is 7.11 Å². The molecule has 4 aromatic rings. The topological polar surface area (TPSA) is 96.5 Å². The Morgan fingerprint density at radius 1 is 1.16 bits per heavy atom. The molecule has 0 radical (unpaired) electrons. The summed E-state index contributed by atoms with van der Waals surface area (Å²) in [6.45, 7) is 0. The van der Waals surface area contributed by atoms with Crippen LogP contribution in [-0.2, 0) is 5.75 Å². The van der Waals surface area contributed by atoms with Crippen molar-refractivity contribution in [3.8, 4) is 5.88 Å². The Kier molecular flexibility index (Phi) is 3.85. The molecule has 0 spiro atoms. The first-order chi connectivity index (χ1) is 12.1. The summed E-state index contributed by atoms with van der Waals surface area (Å²) in [5.41, 5.74) is 1.36. The molecule has 3 aromatic heterocycles. The fraction of sp³-hybridized carbons (Fsp3) is 0.125. The van der Waals surface area contributed by atoms with Gasteiger partial charge in [0.1, 0.15) is 11.6 Å². The van der Waals surface area contributed by atoms with E-state index in [2.05, 4.69) is 24.9 Å². The first-order valence-electron chi connectivity index (χ1n) is 7.34. The van der Waals surface area contributed by atoms with Gasteiger partial charge in [0, 0.05) is 12.1 Å². The van der Waals surface area contributed by atoms with Gasteiger partial charge in [-0.2, -0.15) is 4.98 Å². The summed E-state index contributed by atoms with van der Waals surface area (Å²) >= 11 is 1.36. The summed E-state index contributed by atoms with van der Waals surface area (Å²) in [6, 6.07) is 7.48. The lowest BCUT2D eigenvalue weighted by atomic mass is 10.2. The fourth-order valence-corrected chi connectivity index (χ4v) is 3.14. The quantitative estimate of drug-likeness (QED) is 0.545. The number of hydrogen-bond acceptors (Lipinski definition) is 6. The van der Waals surface area contributed by atoms with Crippen molar-refractivity contribution in [3.63, 3.8) is 0 Å². The number of imidazole rings is 1. The minimum atomic E-state index is -0.429. The zero-order chi connectivity index (χ0) is 17.4. The van der Waals surface area contributed by atoms with Crippen LogP contribution in [0.1, 0.15) is 5.82 Å². The molecular weight excluding hydrogens is 345 g/mol. The van der Waals surface area contributed by atoms with E-state index in [9.17, 15) is 9.18 Å². The maximum atomic E-state index is 13.3. The van der Waals surface area contributed by atoms with E-state index in [0.29, 0.717) is 39.2 Å². The first-order valence-corrected chi connectivity index (χ1v) is 8.33. The van der Waals surface area contributed by atoms with E-state index in [4.69, 9.17) is 4.74 Å². The van der Waals surface area contributed by atoms with Crippen LogP contribution in [0.2, 0.25) is 0 Å². The summed E-state index contributed by atoms with van der Waals surface area (Å²) in [7, 11) is 1.54. The summed E-state index contributed by atoms with van der Waals surface area (Å²) in [5.74, 6) is 0.872. The van der Waals surface area contributed by atoms with Gasteiger partial charge < -0.3 is 14.7 Å². The first kappa shape index (κ1) is 15.6. The Morgan fingerprint density at radius 3 is 2.88 bits per heavy atom. The van der Waals surface area contributed by atoms with Gasteiger partial charge >= 0.3 is 0 Å². The number of hydrogen-bond donors (Lipinski definition) is 2. The molecule has 0 unspecified atom stereocenters. The van der Waals surface area contributed by atoms with Crippen LogP contribution in [0.5, 0.6) is 5.88 Å². The van der Waals surface area contributed by atoms with Crippen molar-refractivity contribution in [1.82, 2.24) is 24.9 Å². The molecule has 1 aromatic carbocycles. The number of aromatic nitrogens is 5. The number of halogens is 1. The molecule has 25 heavy (non-hydrogen) atoms. The van der Waals surface area contributed by atoms with Crippen LogP contribution in [0.15, 0.2) is 40.3 Å². The number of thioether (sulfide) groups is 1.